The van der Waals surface area contributed by atoms with E-state index in [1.54, 1.807) is 14.2 Å². The number of methoxy groups -OCH3 is 1. The molecule has 1 rings (SSSR count). The average Bonchev–Trinajstić information content (AvgIpc) is 2.55. The number of hydrogen-bond acceptors (Lipinski definition) is 3. The maximum Gasteiger partial charge on any atom is 0.411 e. The predicted octanol–water partition coefficient (Wildman–Crippen LogP) is 2.99. The van der Waals surface area contributed by atoms with Crippen LogP contribution in [0.4, 0.5) is 13.2 Å². The second-order valence-corrected chi connectivity index (χ2v) is 5.01. The molecule has 9 heteroatoms. The minimum atomic E-state index is -4.27. The number of alkyl halides is 3. The topological polar surface area (TPSA) is 54.9 Å². The number of ether oxygens (including phenoxy) is 2. The van der Waals surface area contributed by atoms with Crippen LogP contribution in [0.3, 0.4) is 0 Å². The highest BCUT2D eigenvalue weighted by Crippen LogP contribution is 2.17. The molecule has 0 bridgehead atoms. The Morgan fingerprint density at radius 1 is 1.16 bits per heavy atom. The highest BCUT2D eigenvalue weighted by Gasteiger charge is 2.27. The summed E-state index contributed by atoms with van der Waals surface area (Å²) in [5.74, 6) is 1.43. The number of nitrogens with zero attached hydrogens (tertiary/aromatic N) is 1. The van der Waals surface area contributed by atoms with Gasteiger partial charge in [-0.3, -0.25) is 4.99 Å². The van der Waals surface area contributed by atoms with Crippen molar-refractivity contribution in [1.82, 2.24) is 10.6 Å². The zero-order valence-electron chi connectivity index (χ0n) is 14.4. The van der Waals surface area contributed by atoms with Crippen LogP contribution in [0.25, 0.3) is 0 Å². The standard InChI is InChI=1S/C16H24F3N3O2.HI/c1-20-15(21-9-5-11-24-12-16(17,18)19)22-10-8-13-6-3-4-7-14(13)23-2;/h3-4,6-7H,5,8-12H2,1-2H3,(H2,20,21,22);1H. The zero-order valence-corrected chi connectivity index (χ0v) is 16.7. The van der Waals surface area contributed by atoms with Crippen molar-refractivity contribution in [3.63, 3.8) is 0 Å². The van der Waals surface area contributed by atoms with Gasteiger partial charge in [-0.15, -0.1) is 24.0 Å². The zero-order chi connectivity index (χ0) is 17.8. The number of hydrogen-bond donors (Lipinski definition) is 2. The molecule has 0 radical (unpaired) electrons. The fourth-order valence-corrected chi connectivity index (χ4v) is 2.01. The largest absolute Gasteiger partial charge is 0.496 e. The minimum absolute atomic E-state index is 0. The van der Waals surface area contributed by atoms with Gasteiger partial charge < -0.3 is 20.1 Å². The first-order valence-corrected chi connectivity index (χ1v) is 7.67. The van der Waals surface area contributed by atoms with Crippen LogP contribution in [0.5, 0.6) is 5.75 Å². The molecular formula is C16H25F3IN3O2. The van der Waals surface area contributed by atoms with Gasteiger partial charge in [0.25, 0.3) is 0 Å². The molecule has 0 saturated heterocycles. The third-order valence-electron chi connectivity index (χ3n) is 3.13. The van der Waals surface area contributed by atoms with Crippen molar-refractivity contribution >= 4 is 29.9 Å². The lowest BCUT2D eigenvalue weighted by molar-refractivity contribution is -0.173. The molecule has 144 valence electrons. The number of para-hydroxylation sites is 1. The third kappa shape index (κ3) is 11.1. The van der Waals surface area contributed by atoms with Crippen molar-refractivity contribution in [2.75, 3.05) is 40.5 Å². The van der Waals surface area contributed by atoms with Crippen LogP contribution in [-0.4, -0.2) is 52.6 Å². The second kappa shape index (κ2) is 13.0. The number of nitrogens with one attached hydrogen (secondary N) is 2. The van der Waals surface area contributed by atoms with Gasteiger partial charge in [-0.05, 0) is 24.5 Å². The summed E-state index contributed by atoms with van der Waals surface area (Å²) < 4.78 is 45.5. The van der Waals surface area contributed by atoms with E-state index in [1.807, 2.05) is 24.3 Å². The maximum atomic E-state index is 11.9. The normalized spacial score (nSPS) is 11.6. The van der Waals surface area contributed by atoms with E-state index in [4.69, 9.17) is 4.74 Å². The SMILES string of the molecule is CN=C(NCCCOCC(F)(F)F)NCCc1ccccc1OC.I. The van der Waals surface area contributed by atoms with Crippen molar-refractivity contribution in [2.45, 2.75) is 19.0 Å². The number of halogens is 4. The van der Waals surface area contributed by atoms with Crippen molar-refractivity contribution in [1.29, 1.82) is 0 Å². The Morgan fingerprint density at radius 3 is 2.48 bits per heavy atom. The molecule has 0 atom stereocenters. The summed E-state index contributed by atoms with van der Waals surface area (Å²) >= 11 is 0. The first-order valence-electron chi connectivity index (χ1n) is 7.67. The Bertz CT molecular complexity index is 514. The van der Waals surface area contributed by atoms with E-state index < -0.39 is 12.8 Å². The molecule has 5 nitrogen and oxygen atoms in total. The van der Waals surface area contributed by atoms with Crippen molar-refractivity contribution in [3.05, 3.63) is 29.8 Å². The Kier molecular flexibility index (Phi) is 12.4. The van der Waals surface area contributed by atoms with Crippen molar-refractivity contribution in [3.8, 4) is 5.75 Å². The first-order chi connectivity index (χ1) is 11.5. The summed E-state index contributed by atoms with van der Waals surface area (Å²) in [6.45, 7) is -0.0274. The van der Waals surface area contributed by atoms with E-state index in [-0.39, 0.29) is 30.6 Å². The number of guanidine groups is 1. The van der Waals surface area contributed by atoms with Crippen LogP contribution in [0, 0.1) is 0 Å². The summed E-state index contributed by atoms with van der Waals surface area (Å²) in [5.41, 5.74) is 1.09. The summed E-state index contributed by atoms with van der Waals surface area (Å²) in [4.78, 5) is 4.06. The van der Waals surface area contributed by atoms with Crippen molar-refractivity contribution in [2.24, 2.45) is 4.99 Å². The lowest BCUT2D eigenvalue weighted by Gasteiger charge is -2.13. The molecule has 1 aromatic carbocycles. The van der Waals surface area contributed by atoms with Crippen LogP contribution in [0.15, 0.2) is 29.3 Å². The number of benzene rings is 1. The molecule has 0 heterocycles. The average molecular weight is 475 g/mol. The van der Waals surface area contributed by atoms with Crippen LogP contribution >= 0.6 is 24.0 Å². The van der Waals surface area contributed by atoms with E-state index >= 15 is 0 Å². The fourth-order valence-electron chi connectivity index (χ4n) is 2.01. The molecule has 1 aromatic rings. The van der Waals surface area contributed by atoms with Gasteiger partial charge in [-0.1, -0.05) is 18.2 Å². The van der Waals surface area contributed by atoms with Gasteiger partial charge in [-0.25, -0.2) is 0 Å². The maximum absolute atomic E-state index is 11.9. The molecule has 25 heavy (non-hydrogen) atoms. The van der Waals surface area contributed by atoms with Gasteiger partial charge in [0, 0.05) is 26.7 Å². The van der Waals surface area contributed by atoms with E-state index in [2.05, 4.69) is 20.4 Å². The van der Waals surface area contributed by atoms with Crippen LogP contribution in [-0.2, 0) is 11.2 Å². The van der Waals surface area contributed by atoms with Crippen LogP contribution < -0.4 is 15.4 Å². The van der Waals surface area contributed by atoms with Gasteiger partial charge in [0.05, 0.1) is 7.11 Å². The van der Waals surface area contributed by atoms with Gasteiger partial charge in [0.1, 0.15) is 12.4 Å². The number of rotatable bonds is 9. The highest BCUT2D eigenvalue weighted by atomic mass is 127. The van der Waals surface area contributed by atoms with Gasteiger partial charge in [0.2, 0.25) is 0 Å². The predicted molar refractivity (Wildman–Crippen MR) is 103 cm³/mol. The molecule has 0 aliphatic heterocycles. The van der Waals surface area contributed by atoms with Crippen LogP contribution in [0.2, 0.25) is 0 Å². The molecule has 0 spiro atoms. The lowest BCUT2D eigenvalue weighted by atomic mass is 10.1. The molecular weight excluding hydrogens is 450 g/mol. The Morgan fingerprint density at radius 2 is 1.84 bits per heavy atom. The monoisotopic (exact) mass is 475 g/mol. The van der Waals surface area contributed by atoms with Gasteiger partial charge in [0.15, 0.2) is 5.96 Å². The summed E-state index contributed by atoms with van der Waals surface area (Å²) in [5, 5.41) is 6.18. The summed E-state index contributed by atoms with van der Waals surface area (Å²) in [6.07, 6.45) is -3.05. The third-order valence-corrected chi connectivity index (χ3v) is 3.13. The highest BCUT2D eigenvalue weighted by molar-refractivity contribution is 14.0. The Balaban J connectivity index is 0.00000576. The molecule has 2 N–H and O–H groups in total. The minimum Gasteiger partial charge on any atom is -0.496 e. The first kappa shape index (κ1) is 23.8. The Labute approximate surface area is 163 Å². The number of aliphatic imine (C=N–C) groups is 1. The molecule has 0 aromatic heterocycles. The van der Waals surface area contributed by atoms with E-state index in [0.717, 1.165) is 17.7 Å². The molecule has 0 amide bonds. The summed E-state index contributed by atoms with van der Waals surface area (Å²) in [7, 11) is 3.27. The molecule has 0 unspecified atom stereocenters. The van der Waals surface area contributed by atoms with E-state index in [0.29, 0.717) is 25.5 Å². The molecule has 0 saturated carbocycles. The van der Waals surface area contributed by atoms with Crippen molar-refractivity contribution < 1.29 is 22.6 Å². The molecule has 0 fully saturated rings. The molecule has 0 aliphatic rings. The fraction of sp³-hybridized carbons (Fsp3) is 0.562. The second-order valence-electron chi connectivity index (χ2n) is 5.01. The smallest absolute Gasteiger partial charge is 0.411 e. The lowest BCUT2D eigenvalue weighted by Crippen LogP contribution is -2.39. The van der Waals surface area contributed by atoms with Gasteiger partial charge >= 0.3 is 6.18 Å². The molecule has 0 aliphatic carbocycles. The van der Waals surface area contributed by atoms with E-state index in [9.17, 15) is 13.2 Å². The quantitative estimate of drug-likeness (QED) is 0.250. The van der Waals surface area contributed by atoms with E-state index in [1.165, 1.54) is 0 Å². The summed E-state index contributed by atoms with van der Waals surface area (Å²) in [6, 6.07) is 7.76. The Hall–Kier alpha value is -1.23. The van der Waals surface area contributed by atoms with Crippen LogP contribution in [0.1, 0.15) is 12.0 Å². The van der Waals surface area contributed by atoms with Gasteiger partial charge in [-0.2, -0.15) is 13.2 Å².